The number of hydrogen-bond acceptors (Lipinski definition) is 5. The summed E-state index contributed by atoms with van der Waals surface area (Å²) in [4.78, 5) is 11.3. The van der Waals surface area contributed by atoms with Crippen LogP contribution in [0.4, 0.5) is 0 Å². The molecule has 0 spiro atoms. The Hall–Kier alpha value is -0.360. The summed E-state index contributed by atoms with van der Waals surface area (Å²) in [7, 11) is 4.02. The molecule has 76 valence electrons. The lowest BCUT2D eigenvalue weighted by Crippen LogP contribution is -2.47. The van der Waals surface area contributed by atoms with E-state index in [2.05, 4.69) is 0 Å². The Bertz CT molecular complexity index is 203. The van der Waals surface area contributed by atoms with Gasteiger partial charge in [0.1, 0.15) is 0 Å². The molecule has 0 radical (unpaired) electrons. The van der Waals surface area contributed by atoms with Gasteiger partial charge < -0.3 is 18.9 Å². The number of cyclic esters (lactones) is 1. The minimum Gasteiger partial charge on any atom is -0.430 e. The third kappa shape index (κ3) is 1.42. The van der Waals surface area contributed by atoms with E-state index in [0.29, 0.717) is 0 Å². The SMILES string of the molecule is CO[C@@H]1OC(=O)C(OC)(OC)[C@@H]1Cl. The molecule has 6 heteroatoms. The van der Waals surface area contributed by atoms with Gasteiger partial charge in [-0.15, -0.1) is 11.6 Å². The highest BCUT2D eigenvalue weighted by atomic mass is 35.5. The van der Waals surface area contributed by atoms with Crippen LogP contribution in [0.25, 0.3) is 0 Å². The molecule has 0 aromatic heterocycles. The molecule has 0 aliphatic carbocycles. The van der Waals surface area contributed by atoms with Crippen LogP contribution in [0.15, 0.2) is 0 Å². The van der Waals surface area contributed by atoms with Crippen LogP contribution in [0.2, 0.25) is 0 Å². The van der Waals surface area contributed by atoms with E-state index in [1.807, 2.05) is 0 Å². The van der Waals surface area contributed by atoms with Crippen LogP contribution in [0.5, 0.6) is 0 Å². The quantitative estimate of drug-likeness (QED) is 0.376. The van der Waals surface area contributed by atoms with Crippen molar-refractivity contribution in [3.05, 3.63) is 0 Å². The Morgan fingerprint density at radius 3 is 2.15 bits per heavy atom. The van der Waals surface area contributed by atoms with E-state index < -0.39 is 23.4 Å². The number of esters is 1. The first-order chi connectivity index (χ1) is 6.12. The number of methoxy groups -OCH3 is 3. The fraction of sp³-hybridized carbons (Fsp3) is 0.857. The Morgan fingerprint density at radius 2 is 1.92 bits per heavy atom. The molecule has 1 aliphatic heterocycles. The smallest absolute Gasteiger partial charge is 0.371 e. The van der Waals surface area contributed by atoms with Crippen LogP contribution in [-0.2, 0) is 23.7 Å². The van der Waals surface area contributed by atoms with Crippen LogP contribution in [0.1, 0.15) is 0 Å². The predicted molar refractivity (Wildman–Crippen MR) is 43.3 cm³/mol. The van der Waals surface area contributed by atoms with Crippen LogP contribution >= 0.6 is 11.6 Å². The Labute approximate surface area is 80.8 Å². The van der Waals surface area contributed by atoms with Crippen molar-refractivity contribution in [1.82, 2.24) is 0 Å². The molecule has 1 heterocycles. The first kappa shape index (κ1) is 10.7. The topological polar surface area (TPSA) is 54.0 Å². The number of halogens is 1. The van der Waals surface area contributed by atoms with Crippen molar-refractivity contribution in [2.75, 3.05) is 21.3 Å². The molecule has 0 amide bonds. The second-order valence-electron chi connectivity index (χ2n) is 2.49. The maximum atomic E-state index is 11.3. The number of rotatable bonds is 3. The second kappa shape index (κ2) is 3.79. The van der Waals surface area contributed by atoms with Gasteiger partial charge in [-0.05, 0) is 0 Å². The molecule has 5 nitrogen and oxygen atoms in total. The van der Waals surface area contributed by atoms with Gasteiger partial charge in [0, 0.05) is 21.3 Å². The van der Waals surface area contributed by atoms with Crippen LogP contribution in [0, 0.1) is 0 Å². The van der Waals surface area contributed by atoms with E-state index in [0.717, 1.165) is 0 Å². The van der Waals surface area contributed by atoms with Crippen molar-refractivity contribution in [1.29, 1.82) is 0 Å². The van der Waals surface area contributed by atoms with Gasteiger partial charge in [-0.2, -0.15) is 0 Å². The third-order valence-electron chi connectivity index (χ3n) is 1.95. The third-order valence-corrected chi connectivity index (χ3v) is 2.44. The van der Waals surface area contributed by atoms with Gasteiger partial charge >= 0.3 is 5.97 Å². The van der Waals surface area contributed by atoms with Crippen molar-refractivity contribution < 1.29 is 23.7 Å². The predicted octanol–water partition coefficient (Wildman–Crippen LogP) is 0.112. The number of hydrogen-bond donors (Lipinski definition) is 0. The molecule has 0 bridgehead atoms. The van der Waals surface area contributed by atoms with Gasteiger partial charge in [-0.25, -0.2) is 4.79 Å². The minimum absolute atomic E-state index is 0.677. The highest BCUT2D eigenvalue weighted by Crippen LogP contribution is 2.34. The lowest BCUT2D eigenvalue weighted by atomic mass is 10.2. The number of carbonyl (C=O) groups excluding carboxylic acids is 1. The lowest BCUT2D eigenvalue weighted by Gasteiger charge is -2.24. The maximum absolute atomic E-state index is 11.3. The van der Waals surface area contributed by atoms with E-state index in [-0.39, 0.29) is 0 Å². The molecule has 2 atom stereocenters. The summed E-state index contributed by atoms with van der Waals surface area (Å²) in [5.41, 5.74) is 0. The molecule has 1 rings (SSSR count). The minimum atomic E-state index is -1.55. The van der Waals surface area contributed by atoms with E-state index in [9.17, 15) is 4.79 Å². The zero-order valence-corrected chi connectivity index (χ0v) is 8.33. The van der Waals surface area contributed by atoms with E-state index in [1.54, 1.807) is 0 Å². The van der Waals surface area contributed by atoms with Gasteiger partial charge in [-0.3, -0.25) is 0 Å². The Kier molecular flexibility index (Phi) is 3.13. The standard InChI is InChI=1S/C7H11ClO5/c1-10-5-4(8)7(11-2,12-3)6(9)13-5/h4-5H,1-3H3/t4-,5-/m1/s1. The molecule has 0 aromatic rings. The van der Waals surface area contributed by atoms with Crippen molar-refractivity contribution in [2.24, 2.45) is 0 Å². The normalized spacial score (nSPS) is 31.8. The van der Waals surface area contributed by atoms with Crippen LogP contribution in [-0.4, -0.2) is 44.8 Å². The van der Waals surface area contributed by atoms with Crippen LogP contribution < -0.4 is 0 Å². The molecule has 13 heavy (non-hydrogen) atoms. The summed E-state index contributed by atoms with van der Waals surface area (Å²) in [6, 6.07) is 0. The summed E-state index contributed by atoms with van der Waals surface area (Å²) >= 11 is 5.88. The van der Waals surface area contributed by atoms with Gasteiger partial charge in [0.25, 0.3) is 5.79 Å². The fourth-order valence-electron chi connectivity index (χ4n) is 1.18. The van der Waals surface area contributed by atoms with E-state index in [4.69, 9.17) is 30.5 Å². The second-order valence-corrected chi connectivity index (χ2v) is 2.96. The van der Waals surface area contributed by atoms with Gasteiger partial charge in [0.15, 0.2) is 5.38 Å². The van der Waals surface area contributed by atoms with Crippen LogP contribution in [0.3, 0.4) is 0 Å². The fourth-order valence-corrected chi connectivity index (χ4v) is 1.60. The number of alkyl halides is 1. The lowest BCUT2D eigenvalue weighted by molar-refractivity contribution is -0.208. The largest absolute Gasteiger partial charge is 0.430 e. The van der Waals surface area contributed by atoms with Crippen molar-refractivity contribution >= 4 is 17.6 Å². The summed E-state index contributed by atoms with van der Waals surface area (Å²) < 4.78 is 19.4. The number of ether oxygens (including phenoxy) is 4. The highest BCUT2D eigenvalue weighted by Gasteiger charge is 2.59. The van der Waals surface area contributed by atoms with Crippen molar-refractivity contribution in [2.45, 2.75) is 17.5 Å². The summed E-state index contributed by atoms with van der Waals surface area (Å²) in [5, 5.41) is -0.819. The van der Waals surface area contributed by atoms with Crippen molar-refractivity contribution in [3.8, 4) is 0 Å². The zero-order valence-electron chi connectivity index (χ0n) is 7.57. The van der Waals surface area contributed by atoms with Gasteiger partial charge in [-0.1, -0.05) is 0 Å². The molecular formula is C7H11ClO5. The average Bonchev–Trinajstić information content (AvgIpc) is 2.39. The molecule has 1 saturated heterocycles. The first-order valence-electron chi connectivity index (χ1n) is 3.60. The molecule has 0 unspecified atom stereocenters. The molecule has 0 N–H and O–H groups in total. The van der Waals surface area contributed by atoms with E-state index >= 15 is 0 Å². The molecule has 1 aliphatic rings. The summed E-state index contributed by atoms with van der Waals surface area (Å²) in [5.74, 6) is -2.23. The first-order valence-corrected chi connectivity index (χ1v) is 4.04. The maximum Gasteiger partial charge on any atom is 0.371 e. The van der Waals surface area contributed by atoms with E-state index in [1.165, 1.54) is 21.3 Å². The summed E-state index contributed by atoms with van der Waals surface area (Å²) in [6.07, 6.45) is -0.839. The van der Waals surface area contributed by atoms with Gasteiger partial charge in [0.2, 0.25) is 6.29 Å². The molecular weight excluding hydrogens is 200 g/mol. The number of carbonyl (C=O) groups is 1. The molecule has 1 fully saturated rings. The monoisotopic (exact) mass is 210 g/mol. The average molecular weight is 211 g/mol. The Balaban J connectivity index is 2.90. The zero-order chi connectivity index (χ0) is 10.1. The molecule has 0 saturated carbocycles. The van der Waals surface area contributed by atoms with Gasteiger partial charge in [0.05, 0.1) is 0 Å². The molecule has 0 aromatic carbocycles. The highest BCUT2D eigenvalue weighted by molar-refractivity contribution is 6.24. The van der Waals surface area contributed by atoms with Crippen molar-refractivity contribution in [3.63, 3.8) is 0 Å². The summed E-state index contributed by atoms with van der Waals surface area (Å²) in [6.45, 7) is 0. The Morgan fingerprint density at radius 1 is 1.38 bits per heavy atom.